The Balaban J connectivity index is 2.30. The Morgan fingerprint density at radius 2 is 2.00 bits per heavy atom. The second kappa shape index (κ2) is 2.62. The van der Waals surface area contributed by atoms with E-state index in [1.54, 1.807) is 0 Å². The van der Waals surface area contributed by atoms with Gasteiger partial charge in [-0.3, -0.25) is 0 Å². The Hall–Kier alpha value is -1.32. The summed E-state index contributed by atoms with van der Waals surface area (Å²) in [5, 5.41) is 0. The van der Waals surface area contributed by atoms with Crippen LogP contribution >= 0.6 is 0 Å². The molecule has 4 heteroatoms. The van der Waals surface area contributed by atoms with Gasteiger partial charge in [-0.15, -0.1) is 0 Å². The Kier molecular flexibility index (Phi) is 1.60. The number of nitrogen functional groups attached to an aromatic ring is 2. The molecule has 12 heavy (non-hydrogen) atoms. The van der Waals surface area contributed by atoms with Gasteiger partial charge in [0.05, 0.1) is 5.69 Å². The first-order valence-corrected chi connectivity index (χ1v) is 4.15. The molecule has 1 aromatic heterocycles. The van der Waals surface area contributed by atoms with E-state index in [1.807, 2.05) is 6.07 Å². The summed E-state index contributed by atoms with van der Waals surface area (Å²) in [6.07, 6.45) is 3.69. The zero-order valence-corrected chi connectivity index (χ0v) is 6.83. The number of anilines is 2. The molecule has 0 amide bonds. The van der Waals surface area contributed by atoms with Crippen molar-refractivity contribution in [3.8, 4) is 0 Å². The van der Waals surface area contributed by atoms with Crippen molar-refractivity contribution in [1.29, 1.82) is 0 Å². The van der Waals surface area contributed by atoms with E-state index in [9.17, 15) is 0 Å². The van der Waals surface area contributed by atoms with Crippen LogP contribution in [0.5, 0.6) is 0 Å². The van der Waals surface area contributed by atoms with E-state index in [-0.39, 0.29) is 5.95 Å². The van der Waals surface area contributed by atoms with Crippen LogP contribution in [-0.2, 0) is 0 Å². The topological polar surface area (TPSA) is 77.8 Å². The van der Waals surface area contributed by atoms with Gasteiger partial charge in [-0.05, 0) is 12.8 Å². The van der Waals surface area contributed by atoms with Gasteiger partial charge in [0, 0.05) is 12.0 Å². The van der Waals surface area contributed by atoms with E-state index in [4.69, 9.17) is 11.5 Å². The molecule has 1 saturated carbocycles. The third kappa shape index (κ3) is 1.20. The zero-order chi connectivity index (χ0) is 8.55. The van der Waals surface area contributed by atoms with E-state index in [1.165, 1.54) is 19.3 Å². The number of hydrogen-bond acceptors (Lipinski definition) is 4. The molecule has 1 heterocycles. The average Bonchev–Trinajstić information content (AvgIpc) is 1.79. The molecule has 0 atom stereocenters. The molecule has 4 N–H and O–H groups in total. The summed E-state index contributed by atoms with van der Waals surface area (Å²) in [5.41, 5.74) is 12.0. The molecule has 1 aliphatic rings. The van der Waals surface area contributed by atoms with Crippen LogP contribution in [-0.4, -0.2) is 9.97 Å². The SMILES string of the molecule is Nc1cc(C2CCC2)nc(N)n1. The maximum absolute atomic E-state index is 5.54. The van der Waals surface area contributed by atoms with Crippen LogP contribution in [0.3, 0.4) is 0 Å². The smallest absolute Gasteiger partial charge is 0.222 e. The van der Waals surface area contributed by atoms with Gasteiger partial charge in [-0.1, -0.05) is 6.42 Å². The maximum Gasteiger partial charge on any atom is 0.222 e. The van der Waals surface area contributed by atoms with Crippen molar-refractivity contribution < 1.29 is 0 Å². The Morgan fingerprint density at radius 1 is 1.25 bits per heavy atom. The number of hydrogen-bond donors (Lipinski definition) is 2. The molecule has 0 unspecified atom stereocenters. The van der Waals surface area contributed by atoms with E-state index < -0.39 is 0 Å². The summed E-state index contributed by atoms with van der Waals surface area (Å²) < 4.78 is 0. The molecule has 0 radical (unpaired) electrons. The highest BCUT2D eigenvalue weighted by molar-refractivity contribution is 5.37. The molecule has 4 nitrogen and oxygen atoms in total. The normalized spacial score (nSPS) is 17.3. The quantitative estimate of drug-likeness (QED) is 0.646. The molecule has 0 aromatic carbocycles. The summed E-state index contributed by atoms with van der Waals surface area (Å²) in [7, 11) is 0. The highest BCUT2D eigenvalue weighted by Crippen LogP contribution is 2.35. The largest absolute Gasteiger partial charge is 0.384 e. The van der Waals surface area contributed by atoms with Crippen LogP contribution in [0, 0.1) is 0 Å². The van der Waals surface area contributed by atoms with Gasteiger partial charge in [0.15, 0.2) is 0 Å². The lowest BCUT2D eigenvalue weighted by Crippen LogP contribution is -2.13. The van der Waals surface area contributed by atoms with Crippen molar-refractivity contribution in [2.75, 3.05) is 11.5 Å². The number of aromatic nitrogens is 2. The first kappa shape index (κ1) is 7.34. The molecule has 64 valence electrons. The fourth-order valence-electron chi connectivity index (χ4n) is 1.42. The minimum Gasteiger partial charge on any atom is -0.384 e. The van der Waals surface area contributed by atoms with E-state index in [0.717, 1.165) is 5.69 Å². The minimum atomic E-state index is 0.289. The Bertz CT molecular complexity index is 273. The van der Waals surface area contributed by atoms with E-state index >= 15 is 0 Å². The third-order valence-corrected chi connectivity index (χ3v) is 2.31. The predicted octanol–water partition coefficient (Wildman–Crippen LogP) is 0.908. The summed E-state index contributed by atoms with van der Waals surface area (Å²) in [6, 6.07) is 1.82. The lowest BCUT2D eigenvalue weighted by molar-refractivity contribution is 0.411. The summed E-state index contributed by atoms with van der Waals surface area (Å²) in [4.78, 5) is 7.96. The number of nitrogens with two attached hydrogens (primary N) is 2. The second-order valence-corrected chi connectivity index (χ2v) is 3.20. The fourth-order valence-corrected chi connectivity index (χ4v) is 1.42. The molecule has 0 aliphatic heterocycles. The van der Waals surface area contributed by atoms with Crippen LogP contribution < -0.4 is 11.5 Å². The van der Waals surface area contributed by atoms with Gasteiger partial charge in [0.2, 0.25) is 5.95 Å². The Labute approximate surface area is 71.0 Å². The average molecular weight is 164 g/mol. The molecular weight excluding hydrogens is 152 g/mol. The third-order valence-electron chi connectivity index (χ3n) is 2.31. The first-order chi connectivity index (χ1) is 5.75. The maximum atomic E-state index is 5.54. The second-order valence-electron chi connectivity index (χ2n) is 3.20. The van der Waals surface area contributed by atoms with Crippen molar-refractivity contribution in [3.05, 3.63) is 11.8 Å². The van der Waals surface area contributed by atoms with Crippen molar-refractivity contribution in [2.24, 2.45) is 0 Å². The van der Waals surface area contributed by atoms with E-state index in [2.05, 4.69) is 9.97 Å². The van der Waals surface area contributed by atoms with E-state index in [0.29, 0.717) is 11.7 Å². The van der Waals surface area contributed by atoms with Gasteiger partial charge in [0.1, 0.15) is 5.82 Å². The zero-order valence-electron chi connectivity index (χ0n) is 6.83. The van der Waals surface area contributed by atoms with Crippen LogP contribution in [0.4, 0.5) is 11.8 Å². The fraction of sp³-hybridized carbons (Fsp3) is 0.500. The van der Waals surface area contributed by atoms with Gasteiger partial charge in [-0.2, -0.15) is 4.98 Å². The Morgan fingerprint density at radius 3 is 2.50 bits per heavy atom. The van der Waals surface area contributed by atoms with Crippen molar-refractivity contribution in [2.45, 2.75) is 25.2 Å². The minimum absolute atomic E-state index is 0.289. The number of nitrogens with zero attached hydrogens (tertiary/aromatic N) is 2. The van der Waals surface area contributed by atoms with Crippen LogP contribution in [0.2, 0.25) is 0 Å². The van der Waals surface area contributed by atoms with Gasteiger partial charge in [-0.25, -0.2) is 4.98 Å². The lowest BCUT2D eigenvalue weighted by Gasteiger charge is -2.24. The molecule has 0 spiro atoms. The summed E-state index contributed by atoms with van der Waals surface area (Å²) in [5.74, 6) is 1.33. The molecule has 2 rings (SSSR count). The van der Waals surface area contributed by atoms with Crippen molar-refractivity contribution in [1.82, 2.24) is 9.97 Å². The predicted molar refractivity (Wildman–Crippen MR) is 47.4 cm³/mol. The highest BCUT2D eigenvalue weighted by Gasteiger charge is 2.21. The standard InChI is InChI=1S/C8H12N4/c9-7-4-6(5-2-1-3-5)11-8(10)12-7/h4-5H,1-3H2,(H4,9,10,11,12). The molecular formula is C8H12N4. The van der Waals surface area contributed by atoms with Gasteiger partial charge < -0.3 is 11.5 Å². The molecule has 1 fully saturated rings. The molecule has 1 aliphatic carbocycles. The van der Waals surface area contributed by atoms with Crippen LogP contribution in [0.25, 0.3) is 0 Å². The first-order valence-electron chi connectivity index (χ1n) is 4.15. The van der Waals surface area contributed by atoms with Crippen LogP contribution in [0.1, 0.15) is 30.9 Å². The summed E-state index contributed by atoms with van der Waals surface area (Å²) >= 11 is 0. The summed E-state index contributed by atoms with van der Waals surface area (Å²) in [6.45, 7) is 0. The van der Waals surface area contributed by atoms with Crippen molar-refractivity contribution >= 4 is 11.8 Å². The van der Waals surface area contributed by atoms with Crippen LogP contribution in [0.15, 0.2) is 6.07 Å². The van der Waals surface area contributed by atoms with Crippen molar-refractivity contribution in [3.63, 3.8) is 0 Å². The lowest BCUT2D eigenvalue weighted by atomic mass is 9.83. The highest BCUT2D eigenvalue weighted by atomic mass is 15.0. The van der Waals surface area contributed by atoms with Gasteiger partial charge in [0.25, 0.3) is 0 Å². The molecule has 0 saturated heterocycles. The molecule has 0 bridgehead atoms. The van der Waals surface area contributed by atoms with Gasteiger partial charge >= 0.3 is 0 Å². The number of rotatable bonds is 1. The monoisotopic (exact) mass is 164 g/mol. The molecule has 1 aromatic rings.